The minimum atomic E-state index is -0.351. The third-order valence-corrected chi connectivity index (χ3v) is 3.07. The second kappa shape index (κ2) is 3.66. The Morgan fingerprint density at radius 2 is 1.93 bits per heavy atom. The molecule has 15 heavy (non-hydrogen) atoms. The van der Waals surface area contributed by atoms with E-state index in [0.29, 0.717) is 13.2 Å². The Morgan fingerprint density at radius 1 is 1.13 bits per heavy atom. The third kappa shape index (κ3) is 1.51. The highest BCUT2D eigenvalue weighted by molar-refractivity contribution is 9.10. The molecule has 0 unspecified atom stereocenters. The summed E-state index contributed by atoms with van der Waals surface area (Å²) < 4.78 is 22.5. The van der Waals surface area contributed by atoms with E-state index in [4.69, 9.17) is 18.9 Å². The molecule has 2 aliphatic rings. The van der Waals surface area contributed by atoms with Gasteiger partial charge in [-0.2, -0.15) is 0 Å². The normalized spacial score (nSPS) is 19.8. The van der Waals surface area contributed by atoms with Gasteiger partial charge in [0.15, 0.2) is 17.8 Å². The number of benzene rings is 1. The minimum Gasteiger partial charge on any atom is -0.454 e. The maximum atomic E-state index is 5.46. The predicted octanol–water partition coefficient (Wildman–Crippen LogP) is 2.22. The first kappa shape index (κ1) is 9.45. The van der Waals surface area contributed by atoms with Gasteiger partial charge in [-0.3, -0.25) is 0 Å². The zero-order chi connectivity index (χ0) is 10.3. The molecule has 0 aromatic heterocycles. The lowest BCUT2D eigenvalue weighted by Crippen LogP contribution is -2.01. The van der Waals surface area contributed by atoms with Crippen LogP contribution in [0.2, 0.25) is 0 Å². The standard InChI is InChI=1S/C10H9BrO4/c11-6-1-2-7-9(15-5-14-7)8(6)10-12-3-4-13-10/h1-2,10H,3-5H2. The van der Waals surface area contributed by atoms with Crippen molar-refractivity contribution in [1.82, 2.24) is 0 Å². The summed E-state index contributed by atoms with van der Waals surface area (Å²) in [6.45, 7) is 1.48. The largest absolute Gasteiger partial charge is 0.454 e. The van der Waals surface area contributed by atoms with Crippen molar-refractivity contribution in [3.05, 3.63) is 22.2 Å². The van der Waals surface area contributed by atoms with E-state index in [0.717, 1.165) is 21.5 Å². The number of halogens is 1. The molecule has 1 aromatic carbocycles. The van der Waals surface area contributed by atoms with Crippen molar-refractivity contribution in [2.45, 2.75) is 6.29 Å². The molecule has 2 aliphatic heterocycles. The van der Waals surface area contributed by atoms with Crippen LogP contribution in [0.5, 0.6) is 11.5 Å². The summed E-state index contributed by atoms with van der Waals surface area (Å²) in [7, 11) is 0. The van der Waals surface area contributed by atoms with Crippen LogP contribution in [-0.2, 0) is 9.47 Å². The van der Waals surface area contributed by atoms with E-state index in [2.05, 4.69) is 15.9 Å². The van der Waals surface area contributed by atoms with Crippen LogP contribution in [0, 0.1) is 0 Å². The first-order valence-corrected chi connectivity index (χ1v) is 5.47. The lowest BCUT2D eigenvalue weighted by Gasteiger charge is -2.13. The van der Waals surface area contributed by atoms with Crippen LogP contribution in [0.3, 0.4) is 0 Å². The van der Waals surface area contributed by atoms with Gasteiger partial charge in [0.2, 0.25) is 6.79 Å². The van der Waals surface area contributed by atoms with Crippen molar-refractivity contribution in [3.8, 4) is 11.5 Å². The van der Waals surface area contributed by atoms with Gasteiger partial charge in [0.25, 0.3) is 0 Å². The number of ether oxygens (including phenoxy) is 4. The van der Waals surface area contributed by atoms with Crippen molar-refractivity contribution in [2.75, 3.05) is 20.0 Å². The van der Waals surface area contributed by atoms with E-state index in [9.17, 15) is 0 Å². The Balaban J connectivity index is 2.08. The molecule has 1 fully saturated rings. The van der Waals surface area contributed by atoms with E-state index in [-0.39, 0.29) is 13.1 Å². The van der Waals surface area contributed by atoms with Gasteiger partial charge in [-0.25, -0.2) is 0 Å². The summed E-state index contributed by atoms with van der Waals surface area (Å²) in [5.74, 6) is 1.46. The summed E-state index contributed by atoms with van der Waals surface area (Å²) in [6, 6.07) is 3.78. The Labute approximate surface area is 95.2 Å². The van der Waals surface area contributed by atoms with Crippen LogP contribution in [0.25, 0.3) is 0 Å². The van der Waals surface area contributed by atoms with Crippen molar-refractivity contribution < 1.29 is 18.9 Å². The van der Waals surface area contributed by atoms with Gasteiger partial charge in [-0.1, -0.05) is 15.9 Å². The van der Waals surface area contributed by atoms with Crippen LogP contribution >= 0.6 is 15.9 Å². The molecule has 0 bridgehead atoms. The molecule has 3 rings (SSSR count). The lowest BCUT2D eigenvalue weighted by molar-refractivity contribution is -0.0461. The lowest BCUT2D eigenvalue weighted by atomic mass is 10.2. The Kier molecular flexibility index (Phi) is 2.31. The summed E-state index contributed by atoms with van der Waals surface area (Å²) in [5.41, 5.74) is 0.877. The molecule has 1 aromatic rings. The molecule has 0 amide bonds. The Hall–Kier alpha value is -0.780. The van der Waals surface area contributed by atoms with Crippen molar-refractivity contribution in [3.63, 3.8) is 0 Å². The van der Waals surface area contributed by atoms with Gasteiger partial charge >= 0.3 is 0 Å². The van der Waals surface area contributed by atoms with Gasteiger partial charge in [0.05, 0.1) is 18.8 Å². The highest BCUT2D eigenvalue weighted by atomic mass is 79.9. The summed E-state index contributed by atoms with van der Waals surface area (Å²) in [5, 5.41) is 0. The van der Waals surface area contributed by atoms with E-state index in [1.807, 2.05) is 12.1 Å². The fraction of sp³-hybridized carbons (Fsp3) is 0.400. The van der Waals surface area contributed by atoms with Gasteiger partial charge in [0.1, 0.15) is 0 Å². The highest BCUT2D eigenvalue weighted by Crippen LogP contribution is 2.44. The molecule has 0 spiro atoms. The average molecular weight is 273 g/mol. The van der Waals surface area contributed by atoms with Crippen molar-refractivity contribution in [1.29, 1.82) is 0 Å². The molecule has 5 heteroatoms. The molecular formula is C10H9BrO4. The summed E-state index contributed by atoms with van der Waals surface area (Å²) >= 11 is 3.46. The summed E-state index contributed by atoms with van der Waals surface area (Å²) in [4.78, 5) is 0. The molecule has 0 N–H and O–H groups in total. The topological polar surface area (TPSA) is 36.9 Å². The van der Waals surface area contributed by atoms with Gasteiger partial charge in [0, 0.05) is 4.47 Å². The molecule has 0 radical (unpaired) electrons. The van der Waals surface area contributed by atoms with Crippen LogP contribution < -0.4 is 9.47 Å². The van der Waals surface area contributed by atoms with Crippen LogP contribution in [-0.4, -0.2) is 20.0 Å². The number of rotatable bonds is 1. The fourth-order valence-electron chi connectivity index (χ4n) is 1.71. The van der Waals surface area contributed by atoms with Crippen LogP contribution in [0.15, 0.2) is 16.6 Å². The maximum Gasteiger partial charge on any atom is 0.231 e. The van der Waals surface area contributed by atoms with E-state index in [1.54, 1.807) is 0 Å². The van der Waals surface area contributed by atoms with Gasteiger partial charge in [-0.05, 0) is 12.1 Å². The number of hydrogen-bond acceptors (Lipinski definition) is 4. The fourth-order valence-corrected chi connectivity index (χ4v) is 2.21. The second-order valence-electron chi connectivity index (χ2n) is 3.27. The summed E-state index contributed by atoms with van der Waals surface area (Å²) in [6.07, 6.45) is -0.351. The van der Waals surface area contributed by atoms with Crippen LogP contribution in [0.4, 0.5) is 0 Å². The Morgan fingerprint density at radius 3 is 2.73 bits per heavy atom. The molecule has 2 heterocycles. The van der Waals surface area contributed by atoms with Crippen molar-refractivity contribution in [2.24, 2.45) is 0 Å². The molecule has 4 nitrogen and oxygen atoms in total. The monoisotopic (exact) mass is 272 g/mol. The van der Waals surface area contributed by atoms with E-state index in [1.165, 1.54) is 0 Å². The maximum absolute atomic E-state index is 5.46. The van der Waals surface area contributed by atoms with Crippen molar-refractivity contribution >= 4 is 15.9 Å². The van der Waals surface area contributed by atoms with E-state index < -0.39 is 0 Å². The predicted molar refractivity (Wildman–Crippen MR) is 54.9 cm³/mol. The third-order valence-electron chi connectivity index (χ3n) is 2.38. The molecule has 0 saturated carbocycles. The number of fused-ring (bicyclic) bond motifs is 1. The molecule has 0 aliphatic carbocycles. The average Bonchev–Trinajstić information content (AvgIpc) is 2.85. The highest BCUT2D eigenvalue weighted by Gasteiger charge is 2.29. The Bertz CT molecular complexity index is 387. The quantitative estimate of drug-likeness (QED) is 0.786. The first-order valence-electron chi connectivity index (χ1n) is 4.67. The SMILES string of the molecule is Brc1ccc2c(c1C1OCCO1)OCO2. The minimum absolute atomic E-state index is 0.255. The van der Waals surface area contributed by atoms with E-state index >= 15 is 0 Å². The molecule has 80 valence electrons. The number of hydrogen-bond donors (Lipinski definition) is 0. The van der Waals surface area contributed by atoms with Gasteiger partial charge < -0.3 is 18.9 Å². The van der Waals surface area contributed by atoms with Crippen LogP contribution in [0.1, 0.15) is 11.9 Å². The second-order valence-corrected chi connectivity index (χ2v) is 4.12. The molecule has 0 atom stereocenters. The first-order chi connectivity index (χ1) is 7.36. The zero-order valence-corrected chi connectivity index (χ0v) is 9.45. The smallest absolute Gasteiger partial charge is 0.231 e. The van der Waals surface area contributed by atoms with Gasteiger partial charge in [-0.15, -0.1) is 0 Å². The molecular weight excluding hydrogens is 264 g/mol. The molecule has 1 saturated heterocycles. The zero-order valence-electron chi connectivity index (χ0n) is 7.86.